The SMILES string of the molecule is O=C(CCc1nc2ccccc2[nH]1)NCCNS(=O)(=O)c1cccc([N+](=O)[O-])c1. The van der Waals surface area contributed by atoms with Crippen molar-refractivity contribution in [3.8, 4) is 0 Å². The van der Waals surface area contributed by atoms with Crippen LogP contribution in [0.1, 0.15) is 12.2 Å². The normalized spacial score (nSPS) is 11.4. The average molecular weight is 417 g/mol. The van der Waals surface area contributed by atoms with Gasteiger partial charge in [-0.05, 0) is 18.2 Å². The first kappa shape index (κ1) is 20.4. The molecule has 0 atom stereocenters. The number of nitro benzene ring substituents is 1. The predicted molar refractivity (Wildman–Crippen MR) is 106 cm³/mol. The van der Waals surface area contributed by atoms with E-state index in [-0.39, 0.29) is 36.0 Å². The lowest BCUT2D eigenvalue weighted by Gasteiger charge is -2.08. The van der Waals surface area contributed by atoms with Crippen molar-refractivity contribution in [2.24, 2.45) is 0 Å². The summed E-state index contributed by atoms with van der Waals surface area (Å²) in [5.74, 6) is 0.465. The summed E-state index contributed by atoms with van der Waals surface area (Å²) < 4.78 is 26.7. The Balaban J connectivity index is 1.44. The van der Waals surface area contributed by atoms with Crippen molar-refractivity contribution in [1.29, 1.82) is 0 Å². The maximum absolute atomic E-state index is 12.2. The highest BCUT2D eigenvalue weighted by atomic mass is 32.2. The van der Waals surface area contributed by atoms with Crippen LogP contribution in [0.15, 0.2) is 53.4 Å². The molecule has 0 aliphatic carbocycles. The minimum absolute atomic E-state index is 0.0403. The Labute approximate surface area is 166 Å². The molecule has 0 saturated carbocycles. The van der Waals surface area contributed by atoms with Gasteiger partial charge in [0.05, 0.1) is 20.9 Å². The number of H-pyrrole nitrogens is 1. The van der Waals surface area contributed by atoms with Crippen LogP contribution in [0.2, 0.25) is 0 Å². The quantitative estimate of drug-likeness (QED) is 0.273. The molecule has 2 aromatic carbocycles. The molecule has 1 amide bonds. The summed E-state index contributed by atoms with van der Waals surface area (Å²) in [7, 11) is -3.91. The van der Waals surface area contributed by atoms with Crippen LogP contribution in [0, 0.1) is 10.1 Å². The molecule has 29 heavy (non-hydrogen) atoms. The maximum atomic E-state index is 12.2. The standard InChI is InChI=1S/C18H19N5O5S/c24-18(9-8-17-21-15-6-1-2-7-16(15)22-17)19-10-11-20-29(27,28)14-5-3-4-13(12-14)23(25)26/h1-7,12,20H,8-11H2,(H,19,24)(H,21,22). The number of carbonyl (C=O) groups excluding carboxylic acids is 1. The number of benzene rings is 2. The summed E-state index contributed by atoms with van der Waals surface area (Å²) in [6, 6.07) is 12.3. The topological polar surface area (TPSA) is 147 Å². The Morgan fingerprint density at radius 3 is 2.69 bits per heavy atom. The lowest BCUT2D eigenvalue weighted by atomic mass is 10.3. The number of fused-ring (bicyclic) bond motifs is 1. The van der Waals surface area contributed by atoms with Crippen LogP contribution in [-0.2, 0) is 21.2 Å². The Bertz CT molecular complexity index is 1110. The molecule has 0 spiro atoms. The molecule has 0 aliphatic rings. The molecule has 0 unspecified atom stereocenters. The van der Waals surface area contributed by atoms with E-state index in [4.69, 9.17) is 0 Å². The third kappa shape index (κ3) is 5.36. The number of amides is 1. The third-order valence-corrected chi connectivity index (χ3v) is 5.56. The Morgan fingerprint density at radius 2 is 1.93 bits per heavy atom. The van der Waals surface area contributed by atoms with Crippen LogP contribution in [0.4, 0.5) is 5.69 Å². The van der Waals surface area contributed by atoms with Gasteiger partial charge in [0, 0.05) is 38.1 Å². The number of sulfonamides is 1. The van der Waals surface area contributed by atoms with E-state index in [1.165, 1.54) is 18.2 Å². The van der Waals surface area contributed by atoms with Gasteiger partial charge in [0.15, 0.2) is 0 Å². The van der Waals surface area contributed by atoms with Gasteiger partial charge in [-0.15, -0.1) is 0 Å². The highest BCUT2D eigenvalue weighted by Crippen LogP contribution is 2.17. The molecule has 1 aromatic heterocycles. The Morgan fingerprint density at radius 1 is 1.14 bits per heavy atom. The smallest absolute Gasteiger partial charge is 0.270 e. The molecular formula is C18H19N5O5S. The molecule has 152 valence electrons. The van der Waals surface area contributed by atoms with Crippen molar-refractivity contribution in [2.45, 2.75) is 17.7 Å². The van der Waals surface area contributed by atoms with Crippen LogP contribution < -0.4 is 10.0 Å². The number of aromatic nitrogens is 2. The summed E-state index contributed by atoms with van der Waals surface area (Å²) in [5.41, 5.74) is 1.42. The van der Waals surface area contributed by atoms with Gasteiger partial charge in [0.1, 0.15) is 5.82 Å². The molecule has 10 nitrogen and oxygen atoms in total. The van der Waals surface area contributed by atoms with Crippen molar-refractivity contribution in [3.63, 3.8) is 0 Å². The highest BCUT2D eigenvalue weighted by Gasteiger charge is 2.17. The van der Waals surface area contributed by atoms with E-state index in [0.717, 1.165) is 17.1 Å². The van der Waals surface area contributed by atoms with E-state index in [9.17, 15) is 23.3 Å². The second-order valence-electron chi connectivity index (χ2n) is 6.20. The lowest BCUT2D eigenvalue weighted by molar-refractivity contribution is -0.385. The summed E-state index contributed by atoms with van der Waals surface area (Å²) in [5, 5.41) is 13.4. The van der Waals surface area contributed by atoms with E-state index in [1.807, 2.05) is 24.3 Å². The number of para-hydroxylation sites is 2. The number of hydrogen-bond acceptors (Lipinski definition) is 6. The number of aryl methyl sites for hydroxylation is 1. The van der Waals surface area contributed by atoms with E-state index in [2.05, 4.69) is 20.0 Å². The van der Waals surface area contributed by atoms with Crippen LogP contribution in [0.5, 0.6) is 0 Å². The largest absolute Gasteiger partial charge is 0.355 e. The number of nitrogens with zero attached hydrogens (tertiary/aromatic N) is 2. The molecule has 0 radical (unpaired) electrons. The lowest BCUT2D eigenvalue weighted by Crippen LogP contribution is -2.34. The van der Waals surface area contributed by atoms with Gasteiger partial charge >= 0.3 is 0 Å². The molecule has 3 N–H and O–H groups in total. The van der Waals surface area contributed by atoms with Crippen molar-refractivity contribution >= 4 is 32.7 Å². The van der Waals surface area contributed by atoms with Crippen molar-refractivity contribution < 1.29 is 18.1 Å². The fraction of sp³-hybridized carbons (Fsp3) is 0.222. The van der Waals surface area contributed by atoms with Crippen LogP contribution in [0.25, 0.3) is 11.0 Å². The number of nitrogens with one attached hydrogen (secondary N) is 3. The number of aromatic amines is 1. The predicted octanol–water partition coefficient (Wildman–Crippen LogP) is 1.50. The average Bonchev–Trinajstić information content (AvgIpc) is 3.13. The number of rotatable bonds is 9. The van der Waals surface area contributed by atoms with E-state index < -0.39 is 14.9 Å². The number of non-ortho nitro benzene ring substituents is 1. The summed E-state index contributed by atoms with van der Waals surface area (Å²) >= 11 is 0. The monoisotopic (exact) mass is 417 g/mol. The molecule has 1 heterocycles. The first-order valence-electron chi connectivity index (χ1n) is 8.79. The first-order chi connectivity index (χ1) is 13.8. The minimum Gasteiger partial charge on any atom is -0.355 e. The molecular weight excluding hydrogens is 398 g/mol. The van der Waals surface area contributed by atoms with Gasteiger partial charge in [-0.3, -0.25) is 14.9 Å². The minimum atomic E-state index is -3.91. The van der Waals surface area contributed by atoms with Gasteiger partial charge in [-0.25, -0.2) is 18.1 Å². The first-order valence-corrected chi connectivity index (χ1v) is 10.3. The summed E-state index contributed by atoms with van der Waals surface area (Å²) in [6.45, 7) is 0.0501. The molecule has 0 aliphatic heterocycles. The number of carbonyl (C=O) groups is 1. The van der Waals surface area contributed by atoms with Crippen molar-refractivity contribution in [1.82, 2.24) is 20.0 Å². The number of hydrogen-bond donors (Lipinski definition) is 3. The van der Waals surface area contributed by atoms with Gasteiger partial charge < -0.3 is 10.3 Å². The molecule has 11 heteroatoms. The van der Waals surface area contributed by atoms with Crippen LogP contribution in [-0.4, -0.2) is 42.3 Å². The van der Waals surface area contributed by atoms with Gasteiger partial charge in [0.2, 0.25) is 15.9 Å². The molecule has 0 fully saturated rings. The van der Waals surface area contributed by atoms with Crippen molar-refractivity contribution in [2.75, 3.05) is 13.1 Å². The molecule has 3 rings (SSSR count). The molecule has 0 saturated heterocycles. The van der Waals surface area contributed by atoms with Gasteiger partial charge in [-0.1, -0.05) is 18.2 Å². The maximum Gasteiger partial charge on any atom is 0.270 e. The zero-order valence-electron chi connectivity index (χ0n) is 15.3. The fourth-order valence-corrected chi connectivity index (χ4v) is 3.75. The van der Waals surface area contributed by atoms with E-state index in [1.54, 1.807) is 0 Å². The second-order valence-corrected chi connectivity index (χ2v) is 7.97. The zero-order valence-corrected chi connectivity index (χ0v) is 16.1. The van der Waals surface area contributed by atoms with E-state index in [0.29, 0.717) is 12.2 Å². The molecule has 0 bridgehead atoms. The summed E-state index contributed by atoms with van der Waals surface area (Å²) in [4.78, 5) is 29.4. The zero-order chi connectivity index (χ0) is 20.9. The summed E-state index contributed by atoms with van der Waals surface area (Å²) in [6.07, 6.45) is 0.636. The second kappa shape index (κ2) is 8.80. The fourth-order valence-electron chi connectivity index (χ4n) is 2.68. The Kier molecular flexibility index (Phi) is 6.20. The number of imidazole rings is 1. The van der Waals surface area contributed by atoms with Gasteiger partial charge in [0.25, 0.3) is 5.69 Å². The van der Waals surface area contributed by atoms with Gasteiger partial charge in [-0.2, -0.15) is 0 Å². The van der Waals surface area contributed by atoms with E-state index >= 15 is 0 Å². The van der Waals surface area contributed by atoms with Crippen LogP contribution in [0.3, 0.4) is 0 Å². The van der Waals surface area contributed by atoms with Crippen LogP contribution >= 0.6 is 0 Å². The molecule has 3 aromatic rings. The van der Waals surface area contributed by atoms with Crippen molar-refractivity contribution in [3.05, 3.63) is 64.5 Å². The highest BCUT2D eigenvalue weighted by molar-refractivity contribution is 7.89. The Hall–Kier alpha value is -3.31. The number of nitro groups is 1. The third-order valence-electron chi connectivity index (χ3n) is 4.11.